The fourth-order valence-corrected chi connectivity index (χ4v) is 4.28. The van der Waals surface area contributed by atoms with Gasteiger partial charge in [-0.1, -0.05) is 33.6 Å². The quantitative estimate of drug-likeness (QED) is 0.616. The van der Waals surface area contributed by atoms with E-state index in [1.165, 1.54) is 0 Å². The molecular formula is C21H19BrClN3O3. The lowest BCUT2D eigenvalue weighted by Crippen LogP contribution is -2.49. The molecule has 1 aliphatic rings. The van der Waals surface area contributed by atoms with Crippen molar-refractivity contribution in [2.24, 2.45) is 0 Å². The van der Waals surface area contributed by atoms with E-state index >= 15 is 0 Å². The first-order valence-corrected chi connectivity index (χ1v) is 10.4. The Morgan fingerprint density at radius 3 is 2.48 bits per heavy atom. The van der Waals surface area contributed by atoms with Crippen molar-refractivity contribution >= 4 is 56.0 Å². The third-order valence-corrected chi connectivity index (χ3v) is 5.91. The normalized spacial score (nSPS) is 14.4. The van der Waals surface area contributed by atoms with Gasteiger partial charge in [0.25, 0.3) is 0 Å². The van der Waals surface area contributed by atoms with Crippen LogP contribution in [-0.4, -0.2) is 52.6 Å². The maximum absolute atomic E-state index is 12.9. The van der Waals surface area contributed by atoms with Crippen molar-refractivity contribution in [1.29, 1.82) is 0 Å². The van der Waals surface area contributed by atoms with E-state index in [9.17, 15) is 14.7 Å². The number of carbonyl (C=O) groups excluding carboxylic acids is 1. The number of benzene rings is 2. The summed E-state index contributed by atoms with van der Waals surface area (Å²) in [5.41, 5.74) is 1.89. The van der Waals surface area contributed by atoms with Crippen molar-refractivity contribution in [2.75, 3.05) is 31.1 Å². The zero-order valence-electron chi connectivity index (χ0n) is 15.5. The standard InChI is InChI=1S/C21H19BrClN3O3/c22-15-2-1-3-17(12-15)24-6-8-25(9-7-24)20(27)13-26-18-5-4-16(23)10-14(18)11-19(26)21(28)29/h1-5,10-12H,6-9,13H2,(H,28,29). The van der Waals surface area contributed by atoms with Crippen LogP contribution in [0.5, 0.6) is 0 Å². The highest BCUT2D eigenvalue weighted by atomic mass is 79.9. The van der Waals surface area contributed by atoms with Gasteiger partial charge in [0.1, 0.15) is 12.2 Å². The first kappa shape index (κ1) is 19.8. The first-order chi connectivity index (χ1) is 13.9. The fourth-order valence-electron chi connectivity index (χ4n) is 3.71. The summed E-state index contributed by atoms with van der Waals surface area (Å²) in [6.45, 7) is 2.65. The third kappa shape index (κ3) is 4.11. The molecule has 0 bridgehead atoms. The number of hydrogen-bond acceptors (Lipinski definition) is 3. The SMILES string of the molecule is O=C(O)c1cc2cc(Cl)ccc2n1CC(=O)N1CCN(c2cccc(Br)c2)CC1. The average molecular weight is 477 g/mol. The van der Waals surface area contributed by atoms with Gasteiger partial charge in [0, 0.05) is 52.3 Å². The van der Waals surface area contributed by atoms with Gasteiger partial charge < -0.3 is 19.5 Å². The Bertz CT molecular complexity index is 1090. The van der Waals surface area contributed by atoms with Crippen LogP contribution in [0.2, 0.25) is 5.02 Å². The molecule has 0 radical (unpaired) electrons. The average Bonchev–Trinajstić information content (AvgIpc) is 3.06. The number of carbonyl (C=O) groups is 2. The Balaban J connectivity index is 1.49. The minimum Gasteiger partial charge on any atom is -0.477 e. The zero-order valence-corrected chi connectivity index (χ0v) is 17.9. The highest BCUT2D eigenvalue weighted by molar-refractivity contribution is 9.10. The number of halogens is 2. The summed E-state index contributed by atoms with van der Waals surface area (Å²) in [5.74, 6) is -1.15. The lowest BCUT2D eigenvalue weighted by atomic mass is 10.2. The Morgan fingerprint density at radius 1 is 1.03 bits per heavy atom. The summed E-state index contributed by atoms with van der Waals surface area (Å²) in [7, 11) is 0. The van der Waals surface area contributed by atoms with Crippen LogP contribution in [0.25, 0.3) is 10.9 Å². The molecule has 0 unspecified atom stereocenters. The Morgan fingerprint density at radius 2 is 1.79 bits per heavy atom. The lowest BCUT2D eigenvalue weighted by molar-refractivity contribution is -0.132. The summed E-state index contributed by atoms with van der Waals surface area (Å²) in [4.78, 5) is 28.6. The van der Waals surface area contributed by atoms with Gasteiger partial charge in [-0.05, 0) is 42.5 Å². The molecule has 2 aromatic carbocycles. The number of piperazine rings is 1. The topological polar surface area (TPSA) is 65.8 Å². The van der Waals surface area contributed by atoms with Crippen molar-refractivity contribution in [1.82, 2.24) is 9.47 Å². The molecule has 1 N–H and O–H groups in total. The van der Waals surface area contributed by atoms with E-state index in [1.807, 2.05) is 12.1 Å². The Labute approximate surface area is 181 Å². The molecule has 0 atom stereocenters. The number of fused-ring (bicyclic) bond motifs is 1. The summed E-state index contributed by atoms with van der Waals surface area (Å²) in [6.07, 6.45) is 0. The predicted octanol–water partition coefficient (Wildman–Crippen LogP) is 4.10. The zero-order chi connectivity index (χ0) is 20.5. The Hall–Kier alpha value is -2.51. The number of hydrogen-bond donors (Lipinski definition) is 1. The van der Waals surface area contributed by atoms with E-state index in [1.54, 1.807) is 33.7 Å². The molecule has 0 saturated carbocycles. The molecule has 2 heterocycles. The highest BCUT2D eigenvalue weighted by Crippen LogP contribution is 2.25. The van der Waals surface area contributed by atoms with Crippen LogP contribution in [0.1, 0.15) is 10.5 Å². The summed E-state index contributed by atoms with van der Waals surface area (Å²) in [6, 6.07) is 14.8. The molecule has 1 aliphatic heterocycles. The fraction of sp³-hybridized carbons (Fsp3) is 0.238. The van der Waals surface area contributed by atoms with Crippen molar-refractivity contribution in [3.8, 4) is 0 Å². The van der Waals surface area contributed by atoms with Gasteiger partial charge in [-0.2, -0.15) is 0 Å². The number of aromatic carboxylic acids is 1. The second-order valence-corrected chi connectivity index (χ2v) is 8.32. The molecule has 150 valence electrons. The van der Waals surface area contributed by atoms with Crippen molar-refractivity contribution in [3.63, 3.8) is 0 Å². The van der Waals surface area contributed by atoms with Crippen LogP contribution in [0, 0.1) is 0 Å². The van der Waals surface area contributed by atoms with Gasteiger partial charge >= 0.3 is 5.97 Å². The third-order valence-electron chi connectivity index (χ3n) is 5.18. The molecule has 4 rings (SSSR count). The number of nitrogens with zero attached hydrogens (tertiary/aromatic N) is 3. The maximum Gasteiger partial charge on any atom is 0.352 e. The molecule has 0 aliphatic carbocycles. The monoisotopic (exact) mass is 475 g/mol. The molecule has 3 aromatic rings. The second kappa shape index (κ2) is 8.08. The molecule has 29 heavy (non-hydrogen) atoms. The van der Waals surface area contributed by atoms with E-state index in [4.69, 9.17) is 11.6 Å². The second-order valence-electron chi connectivity index (χ2n) is 6.97. The first-order valence-electron chi connectivity index (χ1n) is 9.23. The number of rotatable bonds is 4. The van der Waals surface area contributed by atoms with Gasteiger partial charge in [-0.15, -0.1) is 0 Å². The summed E-state index contributed by atoms with van der Waals surface area (Å²) < 4.78 is 2.58. The van der Waals surface area contributed by atoms with E-state index in [2.05, 4.69) is 33.0 Å². The van der Waals surface area contributed by atoms with Crippen LogP contribution in [0.3, 0.4) is 0 Å². The van der Waals surface area contributed by atoms with Gasteiger partial charge in [0.15, 0.2) is 0 Å². The van der Waals surface area contributed by atoms with E-state index in [0.717, 1.165) is 23.2 Å². The molecule has 1 fully saturated rings. The minimum absolute atomic E-state index is 0.0103. The smallest absolute Gasteiger partial charge is 0.352 e. The number of amides is 1. The molecular weight excluding hydrogens is 458 g/mol. The Kier molecular flexibility index (Phi) is 5.52. The number of anilines is 1. The van der Waals surface area contributed by atoms with Gasteiger partial charge in [0.2, 0.25) is 5.91 Å². The van der Waals surface area contributed by atoms with E-state index in [-0.39, 0.29) is 18.1 Å². The van der Waals surface area contributed by atoms with Crippen molar-refractivity contribution in [2.45, 2.75) is 6.54 Å². The summed E-state index contributed by atoms with van der Waals surface area (Å²) in [5, 5.41) is 10.8. The molecule has 1 saturated heterocycles. The molecule has 0 spiro atoms. The predicted molar refractivity (Wildman–Crippen MR) is 117 cm³/mol. The summed E-state index contributed by atoms with van der Waals surface area (Å²) >= 11 is 9.51. The number of carboxylic acid groups (broad SMARTS) is 1. The highest BCUT2D eigenvalue weighted by Gasteiger charge is 2.24. The minimum atomic E-state index is -1.07. The van der Waals surface area contributed by atoms with E-state index in [0.29, 0.717) is 29.0 Å². The number of aromatic nitrogens is 1. The molecule has 1 amide bonds. The van der Waals surface area contributed by atoms with Crippen LogP contribution in [-0.2, 0) is 11.3 Å². The molecule has 1 aromatic heterocycles. The van der Waals surface area contributed by atoms with Crippen molar-refractivity contribution in [3.05, 3.63) is 63.7 Å². The van der Waals surface area contributed by atoms with Gasteiger partial charge in [-0.3, -0.25) is 4.79 Å². The van der Waals surface area contributed by atoms with Crippen LogP contribution in [0.15, 0.2) is 53.0 Å². The largest absolute Gasteiger partial charge is 0.477 e. The van der Waals surface area contributed by atoms with E-state index < -0.39 is 5.97 Å². The van der Waals surface area contributed by atoms with Gasteiger partial charge in [-0.25, -0.2) is 4.79 Å². The maximum atomic E-state index is 12.9. The lowest BCUT2D eigenvalue weighted by Gasteiger charge is -2.36. The van der Waals surface area contributed by atoms with Crippen LogP contribution < -0.4 is 4.90 Å². The molecule has 8 heteroatoms. The van der Waals surface area contributed by atoms with Crippen LogP contribution in [0.4, 0.5) is 5.69 Å². The molecule has 6 nitrogen and oxygen atoms in total. The van der Waals surface area contributed by atoms with Crippen molar-refractivity contribution < 1.29 is 14.7 Å². The number of carboxylic acids is 1. The van der Waals surface area contributed by atoms with Gasteiger partial charge in [0.05, 0.1) is 0 Å². The van der Waals surface area contributed by atoms with Crippen LogP contribution >= 0.6 is 27.5 Å².